The van der Waals surface area contributed by atoms with Gasteiger partial charge < -0.3 is 19.6 Å². The topological polar surface area (TPSA) is 102 Å². The average Bonchev–Trinajstić information content (AvgIpc) is 2.93. The summed E-state index contributed by atoms with van der Waals surface area (Å²) >= 11 is 0. The highest BCUT2D eigenvalue weighted by atomic mass is 16.5. The number of aromatic nitrogens is 1. The second-order valence-corrected chi connectivity index (χ2v) is 4.64. The zero-order chi connectivity index (χ0) is 16.1. The van der Waals surface area contributed by atoms with Crippen LogP contribution in [0.1, 0.15) is 38.5 Å². The maximum absolute atomic E-state index is 12.2. The number of furan rings is 1. The standard InChI is InChI=1S/C15H16N2O5/c1-9-6-7-13(22-9)12(8-21-2)17-14(18)10-4-3-5-11(16-10)15(19)20/h3-7,12H,8H2,1-2H3,(H,17,18)(H,19,20). The summed E-state index contributed by atoms with van der Waals surface area (Å²) in [7, 11) is 1.51. The highest BCUT2D eigenvalue weighted by molar-refractivity contribution is 5.94. The van der Waals surface area contributed by atoms with Crippen molar-refractivity contribution in [2.75, 3.05) is 13.7 Å². The second-order valence-electron chi connectivity index (χ2n) is 4.64. The number of carboxylic acid groups (broad SMARTS) is 1. The normalized spacial score (nSPS) is 11.9. The fraction of sp³-hybridized carbons (Fsp3) is 0.267. The molecule has 2 aromatic heterocycles. The summed E-state index contributed by atoms with van der Waals surface area (Å²) in [5.41, 5.74) is -0.172. The molecule has 7 heteroatoms. The van der Waals surface area contributed by atoms with Crippen LogP contribution in [0.25, 0.3) is 0 Å². The lowest BCUT2D eigenvalue weighted by atomic mass is 10.2. The minimum atomic E-state index is -1.19. The van der Waals surface area contributed by atoms with E-state index in [9.17, 15) is 9.59 Å². The molecule has 22 heavy (non-hydrogen) atoms. The van der Waals surface area contributed by atoms with Gasteiger partial charge in [-0.1, -0.05) is 6.07 Å². The minimum absolute atomic E-state index is 0.0179. The summed E-state index contributed by atoms with van der Waals surface area (Å²) in [4.78, 5) is 26.9. The van der Waals surface area contributed by atoms with Gasteiger partial charge in [0.2, 0.25) is 0 Å². The van der Waals surface area contributed by atoms with E-state index in [-0.39, 0.29) is 18.0 Å². The molecule has 0 saturated heterocycles. The van der Waals surface area contributed by atoms with Crippen molar-refractivity contribution in [1.29, 1.82) is 0 Å². The lowest BCUT2D eigenvalue weighted by Gasteiger charge is -2.15. The van der Waals surface area contributed by atoms with Gasteiger partial charge in [0.05, 0.1) is 6.61 Å². The van der Waals surface area contributed by atoms with E-state index in [0.29, 0.717) is 5.76 Å². The van der Waals surface area contributed by atoms with Crippen molar-refractivity contribution < 1.29 is 23.8 Å². The third kappa shape index (κ3) is 3.70. The summed E-state index contributed by atoms with van der Waals surface area (Å²) in [6.45, 7) is 2.02. The summed E-state index contributed by atoms with van der Waals surface area (Å²) in [5, 5.41) is 11.6. The molecular weight excluding hydrogens is 288 g/mol. The number of methoxy groups -OCH3 is 1. The lowest BCUT2D eigenvalue weighted by molar-refractivity contribution is 0.0690. The van der Waals surface area contributed by atoms with Gasteiger partial charge in [0.15, 0.2) is 0 Å². The number of pyridine rings is 1. The first-order valence-corrected chi connectivity index (χ1v) is 6.57. The van der Waals surface area contributed by atoms with E-state index >= 15 is 0 Å². The van der Waals surface area contributed by atoms with Gasteiger partial charge in [-0.3, -0.25) is 4.79 Å². The van der Waals surface area contributed by atoms with Gasteiger partial charge in [-0.15, -0.1) is 0 Å². The Labute approximate surface area is 126 Å². The van der Waals surface area contributed by atoms with Crippen LogP contribution in [0, 0.1) is 6.92 Å². The smallest absolute Gasteiger partial charge is 0.354 e. The zero-order valence-electron chi connectivity index (χ0n) is 12.2. The van der Waals surface area contributed by atoms with Gasteiger partial charge in [-0.25, -0.2) is 9.78 Å². The fourth-order valence-corrected chi connectivity index (χ4v) is 1.91. The van der Waals surface area contributed by atoms with E-state index in [1.165, 1.54) is 25.3 Å². The predicted octanol–water partition coefficient (Wildman–Crippen LogP) is 1.80. The Hall–Kier alpha value is -2.67. The van der Waals surface area contributed by atoms with Crippen LogP contribution in [0.15, 0.2) is 34.7 Å². The number of aryl methyl sites for hydroxylation is 1. The summed E-state index contributed by atoms with van der Waals surface area (Å²) in [6.07, 6.45) is 0. The number of aromatic carboxylic acids is 1. The van der Waals surface area contributed by atoms with Crippen LogP contribution in [0.3, 0.4) is 0 Å². The molecule has 0 aliphatic carbocycles. The van der Waals surface area contributed by atoms with Crippen LogP contribution in [0.5, 0.6) is 0 Å². The van der Waals surface area contributed by atoms with Crippen LogP contribution >= 0.6 is 0 Å². The highest BCUT2D eigenvalue weighted by Crippen LogP contribution is 2.17. The lowest BCUT2D eigenvalue weighted by Crippen LogP contribution is -2.32. The third-order valence-corrected chi connectivity index (χ3v) is 2.94. The average molecular weight is 304 g/mol. The molecule has 0 saturated carbocycles. The first-order chi connectivity index (χ1) is 10.5. The molecule has 0 spiro atoms. The molecule has 0 aliphatic rings. The molecule has 0 fully saturated rings. The molecule has 2 heterocycles. The van der Waals surface area contributed by atoms with E-state index in [0.717, 1.165) is 5.76 Å². The molecule has 7 nitrogen and oxygen atoms in total. The number of rotatable bonds is 6. The van der Waals surface area contributed by atoms with E-state index in [4.69, 9.17) is 14.3 Å². The van der Waals surface area contributed by atoms with Crippen molar-refractivity contribution in [2.24, 2.45) is 0 Å². The van der Waals surface area contributed by atoms with Crippen LogP contribution in [0.4, 0.5) is 0 Å². The molecule has 2 rings (SSSR count). The summed E-state index contributed by atoms with van der Waals surface area (Å²) in [6, 6.07) is 7.28. The minimum Gasteiger partial charge on any atom is -0.477 e. The van der Waals surface area contributed by atoms with Crippen molar-refractivity contribution in [3.05, 3.63) is 53.2 Å². The maximum atomic E-state index is 12.2. The van der Waals surface area contributed by atoms with Gasteiger partial charge in [0, 0.05) is 7.11 Å². The second kappa shape index (κ2) is 6.86. The Morgan fingerprint density at radius 1 is 1.32 bits per heavy atom. The summed E-state index contributed by atoms with van der Waals surface area (Å²) in [5.74, 6) is -0.414. The predicted molar refractivity (Wildman–Crippen MR) is 76.7 cm³/mol. The van der Waals surface area contributed by atoms with Gasteiger partial charge in [0.25, 0.3) is 5.91 Å². The molecule has 2 N–H and O–H groups in total. The molecule has 1 amide bonds. The highest BCUT2D eigenvalue weighted by Gasteiger charge is 2.20. The molecule has 0 aliphatic heterocycles. The Bertz CT molecular complexity index is 680. The molecular formula is C15H16N2O5. The Morgan fingerprint density at radius 3 is 2.64 bits per heavy atom. The van der Waals surface area contributed by atoms with Gasteiger partial charge in [-0.2, -0.15) is 0 Å². The van der Waals surface area contributed by atoms with Crippen molar-refractivity contribution in [3.63, 3.8) is 0 Å². The van der Waals surface area contributed by atoms with Crippen LogP contribution in [-0.2, 0) is 4.74 Å². The van der Waals surface area contributed by atoms with Gasteiger partial charge in [0.1, 0.15) is 29.0 Å². The molecule has 1 unspecified atom stereocenters. The Kier molecular flexibility index (Phi) is 4.90. The quantitative estimate of drug-likeness (QED) is 0.843. The number of ether oxygens (including phenoxy) is 1. The number of hydrogen-bond donors (Lipinski definition) is 2. The van der Waals surface area contributed by atoms with E-state index in [1.807, 2.05) is 0 Å². The Balaban J connectivity index is 2.17. The number of carbonyl (C=O) groups is 2. The van der Waals surface area contributed by atoms with Gasteiger partial charge >= 0.3 is 5.97 Å². The maximum Gasteiger partial charge on any atom is 0.354 e. The zero-order valence-corrected chi connectivity index (χ0v) is 12.2. The monoisotopic (exact) mass is 304 g/mol. The van der Waals surface area contributed by atoms with E-state index < -0.39 is 17.9 Å². The van der Waals surface area contributed by atoms with E-state index in [2.05, 4.69) is 10.3 Å². The first kappa shape index (κ1) is 15.7. The molecule has 0 aromatic carbocycles. The number of nitrogens with zero attached hydrogens (tertiary/aromatic N) is 1. The van der Waals surface area contributed by atoms with Crippen LogP contribution in [0.2, 0.25) is 0 Å². The number of amides is 1. The number of nitrogens with one attached hydrogen (secondary N) is 1. The molecule has 0 radical (unpaired) electrons. The first-order valence-electron chi connectivity index (χ1n) is 6.57. The van der Waals surface area contributed by atoms with Crippen LogP contribution in [-0.4, -0.2) is 35.7 Å². The van der Waals surface area contributed by atoms with Gasteiger partial charge in [-0.05, 0) is 31.2 Å². The molecule has 2 aromatic rings. The van der Waals surface area contributed by atoms with Crippen molar-refractivity contribution in [1.82, 2.24) is 10.3 Å². The number of hydrogen-bond acceptors (Lipinski definition) is 5. The largest absolute Gasteiger partial charge is 0.477 e. The molecule has 116 valence electrons. The van der Waals surface area contributed by atoms with Crippen molar-refractivity contribution >= 4 is 11.9 Å². The Morgan fingerprint density at radius 2 is 2.05 bits per heavy atom. The van der Waals surface area contributed by atoms with E-state index in [1.54, 1.807) is 19.1 Å². The van der Waals surface area contributed by atoms with Crippen molar-refractivity contribution in [3.8, 4) is 0 Å². The van der Waals surface area contributed by atoms with Crippen molar-refractivity contribution in [2.45, 2.75) is 13.0 Å². The SMILES string of the molecule is COCC(NC(=O)c1cccc(C(=O)O)n1)c1ccc(C)o1. The summed E-state index contributed by atoms with van der Waals surface area (Å²) < 4.78 is 10.6. The fourth-order valence-electron chi connectivity index (χ4n) is 1.91. The molecule has 1 atom stereocenters. The van der Waals surface area contributed by atoms with Crippen LogP contribution < -0.4 is 5.32 Å². The number of carbonyl (C=O) groups excluding carboxylic acids is 1. The number of carboxylic acids is 1. The third-order valence-electron chi connectivity index (χ3n) is 2.94. The molecule has 0 bridgehead atoms.